The average Bonchev–Trinajstić information content (AvgIpc) is 2.66. The molecule has 0 fully saturated rings. The summed E-state index contributed by atoms with van der Waals surface area (Å²) >= 11 is 0. The summed E-state index contributed by atoms with van der Waals surface area (Å²) in [5.41, 5.74) is 5.26. The number of carbonyl (C=O) groups excluding carboxylic acids is 1. The van der Waals surface area contributed by atoms with E-state index in [1.54, 1.807) is 6.92 Å². The minimum Gasteiger partial charge on any atom is -0.493 e. The highest BCUT2D eigenvalue weighted by Gasteiger charge is 2.40. The van der Waals surface area contributed by atoms with Crippen molar-refractivity contribution in [1.82, 2.24) is 0 Å². The Morgan fingerprint density at radius 3 is 2.46 bits per heavy atom. The van der Waals surface area contributed by atoms with E-state index < -0.39 is 16.8 Å². The third-order valence-electron chi connectivity index (χ3n) is 4.14. The second-order valence-corrected chi connectivity index (χ2v) is 5.64. The molecule has 1 aliphatic heterocycles. The van der Waals surface area contributed by atoms with E-state index in [1.165, 1.54) is 27.2 Å². The van der Waals surface area contributed by atoms with Crippen LogP contribution in [0.3, 0.4) is 0 Å². The van der Waals surface area contributed by atoms with Crippen molar-refractivity contribution in [3.05, 3.63) is 50.6 Å². The van der Waals surface area contributed by atoms with Crippen molar-refractivity contribution in [2.24, 2.45) is 5.73 Å². The zero-order chi connectivity index (χ0) is 21.0. The molecule has 0 saturated heterocycles. The van der Waals surface area contributed by atoms with E-state index in [0.717, 1.165) is 6.07 Å². The van der Waals surface area contributed by atoms with Gasteiger partial charge in [0.15, 0.2) is 11.5 Å². The molecule has 0 saturated carbocycles. The van der Waals surface area contributed by atoms with E-state index in [2.05, 4.69) is 0 Å². The predicted molar refractivity (Wildman–Crippen MR) is 96.2 cm³/mol. The highest BCUT2D eigenvalue weighted by molar-refractivity contribution is 5.93. The monoisotopic (exact) mass is 389 g/mol. The normalized spacial score (nSPS) is 16.2. The molecule has 0 amide bonds. The lowest BCUT2D eigenvalue weighted by molar-refractivity contribution is -0.385. The van der Waals surface area contributed by atoms with E-state index in [9.17, 15) is 20.2 Å². The largest absolute Gasteiger partial charge is 0.493 e. The van der Waals surface area contributed by atoms with Crippen LogP contribution in [0, 0.1) is 21.4 Å². The van der Waals surface area contributed by atoms with Crippen molar-refractivity contribution in [1.29, 1.82) is 5.26 Å². The zero-order valence-corrected chi connectivity index (χ0v) is 15.8. The Labute approximate surface area is 160 Å². The minimum atomic E-state index is -1.17. The molecule has 1 aromatic rings. The maximum atomic E-state index is 12.6. The minimum absolute atomic E-state index is 0.0212. The fourth-order valence-corrected chi connectivity index (χ4v) is 2.94. The van der Waals surface area contributed by atoms with Crippen molar-refractivity contribution >= 4 is 11.7 Å². The van der Waals surface area contributed by atoms with Crippen LogP contribution in [0.2, 0.25) is 0 Å². The first kappa shape index (κ1) is 20.6. The lowest BCUT2D eigenvalue weighted by Gasteiger charge is -2.27. The molecule has 148 valence electrons. The SMILES string of the molecule is CCOC(=O)C1=C(C)OC(N)=C(C#N)C1c1cc(OC)c(OC)cc1[N+](=O)[O-]. The first-order chi connectivity index (χ1) is 13.3. The van der Waals surface area contributed by atoms with Gasteiger partial charge in [0.1, 0.15) is 17.4 Å². The summed E-state index contributed by atoms with van der Waals surface area (Å²) in [7, 11) is 2.70. The fourth-order valence-electron chi connectivity index (χ4n) is 2.94. The van der Waals surface area contributed by atoms with Crippen LogP contribution in [-0.2, 0) is 14.3 Å². The number of allylic oxidation sites excluding steroid dienone is 2. The van der Waals surface area contributed by atoms with Crippen molar-refractivity contribution < 1.29 is 28.7 Å². The van der Waals surface area contributed by atoms with Crippen LogP contribution in [0.5, 0.6) is 11.5 Å². The van der Waals surface area contributed by atoms with Crippen molar-refractivity contribution in [2.75, 3.05) is 20.8 Å². The average molecular weight is 389 g/mol. The van der Waals surface area contributed by atoms with Crippen LogP contribution < -0.4 is 15.2 Å². The van der Waals surface area contributed by atoms with Gasteiger partial charge in [-0.15, -0.1) is 0 Å². The first-order valence-corrected chi connectivity index (χ1v) is 8.16. The first-order valence-electron chi connectivity index (χ1n) is 8.16. The second-order valence-electron chi connectivity index (χ2n) is 5.64. The molecule has 1 heterocycles. The molecule has 0 radical (unpaired) electrons. The summed E-state index contributed by atoms with van der Waals surface area (Å²) in [6.45, 7) is 3.14. The number of ether oxygens (including phenoxy) is 4. The van der Waals surface area contributed by atoms with E-state index in [1.807, 2.05) is 6.07 Å². The van der Waals surface area contributed by atoms with Crippen LogP contribution >= 0.6 is 0 Å². The summed E-state index contributed by atoms with van der Waals surface area (Å²) in [5.74, 6) is -1.79. The molecule has 28 heavy (non-hydrogen) atoms. The molecule has 0 bridgehead atoms. The van der Waals surface area contributed by atoms with E-state index in [-0.39, 0.29) is 52.1 Å². The van der Waals surface area contributed by atoms with Gasteiger partial charge >= 0.3 is 5.97 Å². The Hall–Kier alpha value is -3.74. The third-order valence-corrected chi connectivity index (χ3v) is 4.14. The van der Waals surface area contributed by atoms with Crippen LogP contribution in [-0.4, -0.2) is 31.7 Å². The van der Waals surface area contributed by atoms with Gasteiger partial charge in [-0.05, 0) is 19.9 Å². The van der Waals surface area contributed by atoms with Gasteiger partial charge in [0.25, 0.3) is 5.69 Å². The maximum Gasteiger partial charge on any atom is 0.338 e. The summed E-state index contributed by atoms with van der Waals surface area (Å²) in [4.78, 5) is 23.6. The molecular formula is C18H19N3O7. The maximum absolute atomic E-state index is 12.6. The van der Waals surface area contributed by atoms with Crippen LogP contribution in [0.25, 0.3) is 0 Å². The summed E-state index contributed by atoms with van der Waals surface area (Å²) < 4.78 is 20.7. The van der Waals surface area contributed by atoms with Crippen LogP contribution in [0.4, 0.5) is 5.69 Å². The number of nitriles is 1. The summed E-state index contributed by atoms with van der Waals surface area (Å²) in [5, 5.41) is 21.3. The number of nitrogens with zero attached hydrogens (tertiary/aromatic N) is 2. The van der Waals surface area contributed by atoms with Gasteiger partial charge in [0.05, 0.1) is 43.3 Å². The molecule has 1 unspecified atom stereocenters. The van der Waals surface area contributed by atoms with E-state index in [0.29, 0.717) is 0 Å². The van der Waals surface area contributed by atoms with E-state index in [4.69, 9.17) is 24.7 Å². The molecule has 1 aromatic carbocycles. The highest BCUT2D eigenvalue weighted by Crippen LogP contribution is 2.46. The van der Waals surface area contributed by atoms with Crippen molar-refractivity contribution in [3.8, 4) is 17.6 Å². The number of methoxy groups -OCH3 is 2. The molecule has 0 aliphatic carbocycles. The van der Waals surface area contributed by atoms with Gasteiger partial charge in [-0.25, -0.2) is 4.79 Å². The zero-order valence-electron chi connectivity index (χ0n) is 15.8. The number of nitro groups is 1. The Kier molecular flexibility index (Phi) is 6.10. The van der Waals surface area contributed by atoms with Crippen LogP contribution in [0.1, 0.15) is 25.3 Å². The molecule has 0 spiro atoms. The molecule has 0 aromatic heterocycles. The summed E-state index contributed by atoms with van der Waals surface area (Å²) in [6, 6.07) is 4.37. The number of carbonyl (C=O) groups is 1. The van der Waals surface area contributed by atoms with Gasteiger partial charge in [-0.3, -0.25) is 10.1 Å². The number of rotatable bonds is 6. The smallest absolute Gasteiger partial charge is 0.338 e. The molecule has 10 heteroatoms. The van der Waals surface area contributed by atoms with Gasteiger partial charge in [0, 0.05) is 5.56 Å². The lowest BCUT2D eigenvalue weighted by Crippen LogP contribution is -2.26. The van der Waals surface area contributed by atoms with Gasteiger partial charge in [0.2, 0.25) is 5.88 Å². The Balaban J connectivity index is 2.86. The Bertz CT molecular complexity index is 928. The van der Waals surface area contributed by atoms with Crippen LogP contribution in [0.15, 0.2) is 34.9 Å². The highest BCUT2D eigenvalue weighted by atomic mass is 16.6. The van der Waals surface area contributed by atoms with Gasteiger partial charge in [-0.1, -0.05) is 0 Å². The number of nitrogens with two attached hydrogens (primary N) is 1. The summed E-state index contributed by atoms with van der Waals surface area (Å²) in [6.07, 6.45) is 0. The molecule has 10 nitrogen and oxygen atoms in total. The quantitative estimate of drug-likeness (QED) is 0.439. The Morgan fingerprint density at radius 2 is 1.96 bits per heavy atom. The molecular weight excluding hydrogens is 370 g/mol. The molecule has 2 N–H and O–H groups in total. The van der Waals surface area contributed by atoms with E-state index >= 15 is 0 Å². The van der Waals surface area contributed by atoms with Gasteiger partial charge in [-0.2, -0.15) is 5.26 Å². The number of nitro benzene ring substituents is 1. The third kappa shape index (κ3) is 3.55. The predicted octanol–water partition coefficient (Wildman–Crippen LogP) is 2.26. The molecule has 1 atom stereocenters. The number of benzene rings is 1. The fraction of sp³-hybridized carbons (Fsp3) is 0.333. The number of hydrogen-bond acceptors (Lipinski definition) is 9. The molecule has 1 aliphatic rings. The standard InChI is InChI=1S/C18H19N3O7/c1-5-27-18(22)15-9(2)28-17(20)11(8-19)16(15)10-6-13(25-3)14(26-4)7-12(10)21(23)24/h6-7,16H,5,20H2,1-4H3. The van der Waals surface area contributed by atoms with Crippen molar-refractivity contribution in [2.45, 2.75) is 19.8 Å². The number of hydrogen-bond donors (Lipinski definition) is 1. The lowest BCUT2D eigenvalue weighted by atomic mass is 9.82. The Morgan fingerprint density at radius 1 is 1.36 bits per heavy atom. The topological polar surface area (TPSA) is 147 Å². The second kappa shape index (κ2) is 8.30. The van der Waals surface area contributed by atoms with Crippen molar-refractivity contribution in [3.63, 3.8) is 0 Å². The van der Waals surface area contributed by atoms with Gasteiger partial charge < -0.3 is 24.7 Å². The molecule has 2 rings (SSSR count). The number of esters is 1.